The van der Waals surface area contributed by atoms with Gasteiger partial charge in [-0.2, -0.15) is 5.26 Å². The largest absolute Gasteiger partial charge is 0.354 e. The molecule has 1 N–H and O–H groups in total. The average Bonchev–Trinajstić information content (AvgIpc) is 2.84. The Morgan fingerprint density at radius 3 is 2.15 bits per heavy atom. The molecule has 0 spiro atoms. The van der Waals surface area contributed by atoms with Crippen LogP contribution in [0.5, 0.6) is 0 Å². The number of sulfone groups is 1. The van der Waals surface area contributed by atoms with E-state index in [-0.39, 0.29) is 23.6 Å². The van der Waals surface area contributed by atoms with Crippen LogP contribution in [0.1, 0.15) is 34.6 Å². The van der Waals surface area contributed by atoms with Crippen molar-refractivity contribution in [3.63, 3.8) is 0 Å². The molecular weight excluding hydrogens is 536 g/mol. The summed E-state index contributed by atoms with van der Waals surface area (Å²) in [5.74, 6) is -1.18. The summed E-state index contributed by atoms with van der Waals surface area (Å²) in [6, 6.07) is 24.0. The summed E-state index contributed by atoms with van der Waals surface area (Å²) in [4.78, 5) is 13.7. The number of carbonyl (C=O) groups excluding carboxylic acids is 1. The Kier molecular flexibility index (Phi) is 5.59. The third-order valence-electron chi connectivity index (χ3n) is 6.85. The minimum absolute atomic E-state index is 0.0987. The van der Waals surface area contributed by atoms with E-state index in [1.54, 1.807) is 0 Å². The summed E-state index contributed by atoms with van der Waals surface area (Å²) < 4.78 is 24.7. The average molecular weight is 556 g/mol. The minimum atomic E-state index is -3.62. The lowest BCUT2D eigenvalue weighted by atomic mass is 9.52. The zero-order chi connectivity index (χ0) is 24.1. The van der Waals surface area contributed by atoms with Crippen LogP contribution in [0.15, 0.2) is 77.7 Å². The topological polar surface area (TPSA) is 87.0 Å². The Labute approximate surface area is 211 Å². The van der Waals surface area contributed by atoms with Gasteiger partial charge in [0.1, 0.15) is 5.41 Å². The first-order valence-corrected chi connectivity index (χ1v) is 13.6. The SMILES string of the molecule is N#CC1(C(=O)NCCS(=O)(=O)c2ccc(Cl)cc2)CC2(Br)c3ccccc3C1c1ccccc12. The van der Waals surface area contributed by atoms with Gasteiger partial charge in [0.2, 0.25) is 5.91 Å². The second-order valence-electron chi connectivity index (χ2n) is 8.70. The summed E-state index contributed by atoms with van der Waals surface area (Å²) in [6.45, 7) is -0.0987. The predicted octanol–water partition coefficient (Wildman–Crippen LogP) is 4.93. The van der Waals surface area contributed by atoms with Gasteiger partial charge in [-0.25, -0.2) is 8.42 Å². The summed E-state index contributed by atoms with van der Waals surface area (Å²) in [6.07, 6.45) is 0.255. The van der Waals surface area contributed by atoms with Gasteiger partial charge in [-0.05, 0) is 52.9 Å². The zero-order valence-electron chi connectivity index (χ0n) is 18.0. The molecule has 6 rings (SSSR count). The Bertz CT molecular complexity index is 1400. The van der Waals surface area contributed by atoms with Crippen molar-refractivity contribution in [2.75, 3.05) is 12.3 Å². The van der Waals surface area contributed by atoms with E-state index in [0.29, 0.717) is 5.02 Å². The number of carbonyl (C=O) groups is 1. The van der Waals surface area contributed by atoms with E-state index in [2.05, 4.69) is 27.3 Å². The summed E-state index contributed by atoms with van der Waals surface area (Å²) in [7, 11) is -3.62. The van der Waals surface area contributed by atoms with E-state index in [1.807, 2.05) is 48.5 Å². The lowest BCUT2D eigenvalue weighted by Gasteiger charge is -2.53. The van der Waals surface area contributed by atoms with Crippen molar-refractivity contribution in [3.8, 4) is 6.07 Å². The van der Waals surface area contributed by atoms with Crippen molar-refractivity contribution in [2.45, 2.75) is 21.6 Å². The molecule has 172 valence electrons. The van der Waals surface area contributed by atoms with Crippen molar-refractivity contribution in [2.24, 2.45) is 5.41 Å². The van der Waals surface area contributed by atoms with Crippen molar-refractivity contribution in [3.05, 3.63) is 100 Å². The molecule has 2 bridgehead atoms. The van der Waals surface area contributed by atoms with E-state index in [4.69, 9.17) is 11.6 Å². The smallest absolute Gasteiger partial charge is 0.241 e. The van der Waals surface area contributed by atoms with Gasteiger partial charge in [0.15, 0.2) is 9.84 Å². The van der Waals surface area contributed by atoms with Crippen LogP contribution < -0.4 is 5.32 Å². The molecule has 0 fully saturated rings. The highest BCUT2D eigenvalue weighted by Crippen LogP contribution is 2.65. The number of alkyl halides is 1. The highest BCUT2D eigenvalue weighted by atomic mass is 79.9. The maximum atomic E-state index is 13.6. The molecule has 3 aromatic rings. The fraction of sp³-hybridized carbons (Fsp3) is 0.231. The standard InChI is InChI=1S/C26H20BrClN2O3S/c27-26-15-25(16-29,24(31)30-13-14-34(32,33)18-11-9-17(28)10-12-18)23(19-5-1-3-7-21(19)26)20-6-2-4-8-22(20)26/h1-12,23H,13-15H2,(H,30,31). The number of halogens is 2. The maximum Gasteiger partial charge on any atom is 0.241 e. The van der Waals surface area contributed by atoms with Crippen molar-refractivity contribution in [1.29, 1.82) is 5.26 Å². The Morgan fingerprint density at radius 2 is 1.59 bits per heavy atom. The number of nitrogens with one attached hydrogen (secondary N) is 1. The van der Waals surface area contributed by atoms with Crippen molar-refractivity contribution < 1.29 is 13.2 Å². The van der Waals surface area contributed by atoms with Gasteiger partial charge in [0, 0.05) is 17.5 Å². The van der Waals surface area contributed by atoms with Crippen LogP contribution in [-0.4, -0.2) is 26.6 Å². The maximum absolute atomic E-state index is 13.6. The van der Waals surface area contributed by atoms with Gasteiger partial charge < -0.3 is 5.32 Å². The van der Waals surface area contributed by atoms with Gasteiger partial charge in [0.05, 0.1) is 21.0 Å². The van der Waals surface area contributed by atoms with Crippen molar-refractivity contribution in [1.82, 2.24) is 5.32 Å². The molecule has 3 aliphatic carbocycles. The van der Waals surface area contributed by atoms with Crippen LogP contribution in [-0.2, 0) is 19.0 Å². The lowest BCUT2D eigenvalue weighted by Crippen LogP contribution is -2.55. The minimum Gasteiger partial charge on any atom is -0.354 e. The highest BCUT2D eigenvalue weighted by Gasteiger charge is 2.62. The number of hydrogen-bond acceptors (Lipinski definition) is 4. The summed E-state index contributed by atoms with van der Waals surface area (Å²) in [5.41, 5.74) is 2.62. The number of rotatable bonds is 5. The molecule has 5 nitrogen and oxygen atoms in total. The zero-order valence-corrected chi connectivity index (χ0v) is 21.1. The van der Waals surface area contributed by atoms with Crippen LogP contribution in [0.4, 0.5) is 0 Å². The monoisotopic (exact) mass is 554 g/mol. The predicted molar refractivity (Wildman–Crippen MR) is 134 cm³/mol. The fourth-order valence-electron chi connectivity index (χ4n) is 5.32. The van der Waals surface area contributed by atoms with Gasteiger partial charge in [0.25, 0.3) is 0 Å². The van der Waals surface area contributed by atoms with Gasteiger partial charge in [-0.3, -0.25) is 4.79 Å². The molecule has 8 heteroatoms. The van der Waals surface area contributed by atoms with Gasteiger partial charge in [-0.15, -0.1) is 0 Å². The number of benzene rings is 3. The summed E-state index contributed by atoms with van der Waals surface area (Å²) in [5, 5.41) is 13.6. The van der Waals surface area contributed by atoms with E-state index in [1.165, 1.54) is 24.3 Å². The Hall–Kier alpha value is -2.66. The second-order valence-corrected chi connectivity index (χ2v) is 12.6. The van der Waals surface area contributed by atoms with Gasteiger partial charge in [-0.1, -0.05) is 76.1 Å². The first-order valence-electron chi connectivity index (χ1n) is 10.8. The normalized spacial score (nSPS) is 24.6. The van der Waals surface area contributed by atoms with Crippen LogP contribution >= 0.6 is 27.5 Å². The van der Waals surface area contributed by atoms with E-state index >= 15 is 0 Å². The summed E-state index contributed by atoms with van der Waals surface area (Å²) >= 11 is 9.77. The van der Waals surface area contributed by atoms with Crippen LogP contribution in [0.25, 0.3) is 0 Å². The number of amides is 1. The molecule has 3 aromatic carbocycles. The number of hydrogen-bond donors (Lipinski definition) is 1. The third kappa shape index (κ3) is 3.39. The molecule has 0 radical (unpaired) electrons. The number of nitriles is 1. The first kappa shape index (κ1) is 23.1. The van der Waals surface area contributed by atoms with Crippen LogP contribution in [0, 0.1) is 16.7 Å². The molecule has 0 aliphatic heterocycles. The second kappa shape index (κ2) is 8.23. The van der Waals surface area contributed by atoms with Gasteiger partial charge >= 0.3 is 0 Å². The third-order valence-corrected chi connectivity index (χ3v) is 9.97. The quantitative estimate of drug-likeness (QED) is 0.453. The molecule has 34 heavy (non-hydrogen) atoms. The molecule has 0 saturated carbocycles. The first-order chi connectivity index (χ1) is 16.2. The fourth-order valence-corrected chi connectivity index (χ4v) is 7.77. The Morgan fingerprint density at radius 1 is 1.03 bits per heavy atom. The number of nitrogens with zero attached hydrogens (tertiary/aromatic N) is 1. The molecule has 0 heterocycles. The molecule has 3 aliphatic rings. The Balaban J connectivity index is 1.46. The highest BCUT2D eigenvalue weighted by molar-refractivity contribution is 9.09. The molecule has 1 atom stereocenters. The van der Waals surface area contributed by atoms with Crippen molar-refractivity contribution >= 4 is 43.3 Å². The van der Waals surface area contributed by atoms with E-state index < -0.39 is 31.4 Å². The molecule has 0 aromatic heterocycles. The van der Waals surface area contributed by atoms with E-state index in [0.717, 1.165) is 22.3 Å². The molecule has 1 amide bonds. The lowest BCUT2D eigenvalue weighted by molar-refractivity contribution is -0.130. The molecule has 1 unspecified atom stereocenters. The number of fused-ring (bicyclic) bond motifs is 1. The van der Waals surface area contributed by atoms with Crippen LogP contribution in [0.3, 0.4) is 0 Å². The van der Waals surface area contributed by atoms with E-state index in [9.17, 15) is 18.5 Å². The molecular formula is C26H20BrClN2O3S. The van der Waals surface area contributed by atoms with Crippen LogP contribution in [0.2, 0.25) is 5.02 Å². The molecule has 0 saturated heterocycles.